The van der Waals surface area contributed by atoms with Crippen LogP contribution in [0.1, 0.15) is 30.1 Å². The summed E-state index contributed by atoms with van der Waals surface area (Å²) in [6.07, 6.45) is 3.43. The van der Waals surface area contributed by atoms with Gasteiger partial charge in [0.15, 0.2) is 0 Å². The minimum Gasteiger partial charge on any atom is -0.358 e. The fraction of sp³-hybridized carbons (Fsp3) is 0.333. The van der Waals surface area contributed by atoms with Crippen LogP contribution >= 0.6 is 15.9 Å². The highest BCUT2D eigenvalue weighted by molar-refractivity contribution is 9.10. The van der Waals surface area contributed by atoms with E-state index in [2.05, 4.69) is 39.1 Å². The molecule has 0 radical (unpaired) electrons. The summed E-state index contributed by atoms with van der Waals surface area (Å²) in [4.78, 5) is 3.47. The Kier molecular flexibility index (Phi) is 2.11. The maximum absolute atomic E-state index is 6.17. The molecule has 1 aromatic carbocycles. The highest BCUT2D eigenvalue weighted by Gasteiger charge is 2.21. The zero-order valence-corrected chi connectivity index (χ0v) is 9.97. The molecule has 0 amide bonds. The molecule has 1 heterocycles. The summed E-state index contributed by atoms with van der Waals surface area (Å²) < 4.78 is 1.12. The van der Waals surface area contributed by atoms with Crippen molar-refractivity contribution < 1.29 is 0 Å². The quantitative estimate of drug-likeness (QED) is 0.754. The van der Waals surface area contributed by atoms with Crippen LogP contribution in [0.2, 0.25) is 0 Å². The lowest BCUT2D eigenvalue weighted by molar-refractivity contribution is 0.569. The minimum atomic E-state index is 0.205. The minimum absolute atomic E-state index is 0.205. The van der Waals surface area contributed by atoms with Crippen molar-refractivity contribution in [1.29, 1.82) is 0 Å². The second-order valence-corrected chi connectivity index (χ2v) is 5.12. The standard InChI is InChI=1S/C12H13BrN2/c13-7-4-5-10-8(6-7)12-9(14)2-1-3-11(12)15-10/h4-6,9,15H,1-3,14H2. The summed E-state index contributed by atoms with van der Waals surface area (Å²) in [5.74, 6) is 0. The van der Waals surface area contributed by atoms with E-state index < -0.39 is 0 Å². The number of halogens is 1. The third-order valence-corrected chi connectivity index (χ3v) is 3.69. The molecule has 2 aromatic rings. The average molecular weight is 265 g/mol. The number of aromatic amines is 1. The maximum Gasteiger partial charge on any atom is 0.0460 e. The van der Waals surface area contributed by atoms with Gasteiger partial charge in [-0.2, -0.15) is 0 Å². The SMILES string of the molecule is NC1CCCc2[nH]c3ccc(Br)cc3c21. The number of fused-ring (bicyclic) bond motifs is 3. The Labute approximate surface area is 97.0 Å². The maximum atomic E-state index is 6.17. The van der Waals surface area contributed by atoms with E-state index in [9.17, 15) is 0 Å². The van der Waals surface area contributed by atoms with Crippen LogP contribution in [0, 0.1) is 0 Å². The predicted octanol–water partition coefficient (Wildman–Crippen LogP) is 3.27. The summed E-state index contributed by atoms with van der Waals surface area (Å²) in [7, 11) is 0. The molecule has 0 spiro atoms. The molecule has 1 aliphatic rings. The first-order chi connectivity index (χ1) is 7.25. The number of nitrogens with one attached hydrogen (secondary N) is 1. The van der Waals surface area contributed by atoms with E-state index in [1.165, 1.54) is 28.6 Å². The molecule has 3 N–H and O–H groups in total. The molecule has 1 unspecified atom stereocenters. The van der Waals surface area contributed by atoms with Gasteiger partial charge in [-0.05, 0) is 43.0 Å². The van der Waals surface area contributed by atoms with Gasteiger partial charge in [0.25, 0.3) is 0 Å². The van der Waals surface area contributed by atoms with E-state index in [0.29, 0.717) is 0 Å². The molecule has 78 valence electrons. The number of benzene rings is 1. The Balaban J connectivity index is 2.33. The second kappa shape index (κ2) is 3.35. The molecule has 0 aliphatic heterocycles. The molecular formula is C12H13BrN2. The Morgan fingerprint density at radius 2 is 2.27 bits per heavy atom. The van der Waals surface area contributed by atoms with Crippen molar-refractivity contribution in [2.75, 3.05) is 0 Å². The normalized spacial score (nSPS) is 20.5. The smallest absolute Gasteiger partial charge is 0.0460 e. The highest BCUT2D eigenvalue weighted by Crippen LogP contribution is 2.35. The van der Waals surface area contributed by atoms with Crippen LogP contribution in [-0.4, -0.2) is 4.98 Å². The van der Waals surface area contributed by atoms with Gasteiger partial charge in [0.05, 0.1) is 0 Å². The van der Waals surface area contributed by atoms with Gasteiger partial charge in [0.2, 0.25) is 0 Å². The highest BCUT2D eigenvalue weighted by atomic mass is 79.9. The van der Waals surface area contributed by atoms with Crippen molar-refractivity contribution in [3.63, 3.8) is 0 Å². The molecule has 1 aliphatic carbocycles. The number of aromatic nitrogens is 1. The van der Waals surface area contributed by atoms with Crippen LogP contribution in [0.5, 0.6) is 0 Å². The van der Waals surface area contributed by atoms with Crippen molar-refractivity contribution in [1.82, 2.24) is 4.98 Å². The summed E-state index contributed by atoms with van der Waals surface area (Å²) in [5.41, 5.74) is 10.0. The van der Waals surface area contributed by atoms with E-state index in [1.807, 2.05) is 0 Å². The molecule has 0 fully saturated rings. The molecule has 1 aromatic heterocycles. The Hall–Kier alpha value is -0.800. The Bertz CT molecular complexity index is 516. The largest absolute Gasteiger partial charge is 0.358 e. The lowest BCUT2D eigenvalue weighted by Gasteiger charge is -2.18. The zero-order chi connectivity index (χ0) is 10.4. The molecule has 3 rings (SSSR count). The van der Waals surface area contributed by atoms with Gasteiger partial charge in [-0.15, -0.1) is 0 Å². The summed E-state index contributed by atoms with van der Waals surface area (Å²) in [6.45, 7) is 0. The third kappa shape index (κ3) is 1.42. The monoisotopic (exact) mass is 264 g/mol. The number of nitrogens with two attached hydrogens (primary N) is 1. The fourth-order valence-electron chi connectivity index (χ4n) is 2.50. The average Bonchev–Trinajstić information content (AvgIpc) is 2.57. The third-order valence-electron chi connectivity index (χ3n) is 3.20. The molecule has 1 atom stereocenters. The second-order valence-electron chi connectivity index (χ2n) is 4.21. The van der Waals surface area contributed by atoms with Crippen molar-refractivity contribution in [2.45, 2.75) is 25.3 Å². The number of hydrogen-bond donors (Lipinski definition) is 2. The number of rotatable bonds is 0. The van der Waals surface area contributed by atoms with Crippen LogP contribution in [0.3, 0.4) is 0 Å². The van der Waals surface area contributed by atoms with Gasteiger partial charge in [0.1, 0.15) is 0 Å². The van der Waals surface area contributed by atoms with Gasteiger partial charge in [0, 0.05) is 27.1 Å². The Morgan fingerprint density at radius 3 is 3.13 bits per heavy atom. The van der Waals surface area contributed by atoms with E-state index in [-0.39, 0.29) is 6.04 Å². The summed E-state index contributed by atoms with van der Waals surface area (Å²) in [5, 5.41) is 1.28. The van der Waals surface area contributed by atoms with Crippen molar-refractivity contribution in [3.05, 3.63) is 33.9 Å². The molecule has 3 heteroatoms. The lowest BCUT2D eigenvalue weighted by Crippen LogP contribution is -2.16. The van der Waals surface area contributed by atoms with Crippen molar-refractivity contribution in [2.24, 2.45) is 5.73 Å². The zero-order valence-electron chi connectivity index (χ0n) is 8.39. The summed E-state index contributed by atoms with van der Waals surface area (Å²) >= 11 is 3.51. The van der Waals surface area contributed by atoms with Crippen LogP contribution in [0.4, 0.5) is 0 Å². The van der Waals surface area contributed by atoms with Crippen LogP contribution in [-0.2, 0) is 6.42 Å². The summed E-state index contributed by atoms with van der Waals surface area (Å²) in [6, 6.07) is 6.55. The number of hydrogen-bond acceptors (Lipinski definition) is 1. The van der Waals surface area contributed by atoms with Gasteiger partial charge >= 0.3 is 0 Å². The lowest BCUT2D eigenvalue weighted by atomic mass is 9.91. The topological polar surface area (TPSA) is 41.8 Å². The molecule has 0 saturated heterocycles. The number of H-pyrrole nitrogens is 1. The Morgan fingerprint density at radius 1 is 1.40 bits per heavy atom. The first-order valence-electron chi connectivity index (χ1n) is 5.31. The first-order valence-corrected chi connectivity index (χ1v) is 6.10. The van der Waals surface area contributed by atoms with E-state index in [0.717, 1.165) is 17.3 Å². The van der Waals surface area contributed by atoms with E-state index in [4.69, 9.17) is 5.73 Å². The van der Waals surface area contributed by atoms with Crippen molar-refractivity contribution in [3.8, 4) is 0 Å². The molecular weight excluding hydrogens is 252 g/mol. The van der Waals surface area contributed by atoms with Crippen molar-refractivity contribution >= 4 is 26.8 Å². The molecule has 15 heavy (non-hydrogen) atoms. The van der Waals surface area contributed by atoms with Gasteiger partial charge in [-0.1, -0.05) is 15.9 Å². The van der Waals surface area contributed by atoms with E-state index in [1.54, 1.807) is 0 Å². The van der Waals surface area contributed by atoms with Gasteiger partial charge < -0.3 is 10.7 Å². The number of aryl methyl sites for hydroxylation is 1. The van der Waals surface area contributed by atoms with Gasteiger partial charge in [-0.25, -0.2) is 0 Å². The van der Waals surface area contributed by atoms with Crippen LogP contribution in [0.15, 0.2) is 22.7 Å². The molecule has 0 saturated carbocycles. The van der Waals surface area contributed by atoms with E-state index >= 15 is 0 Å². The fourth-order valence-corrected chi connectivity index (χ4v) is 2.87. The predicted molar refractivity (Wildman–Crippen MR) is 65.9 cm³/mol. The molecule has 0 bridgehead atoms. The van der Waals surface area contributed by atoms with Crippen LogP contribution in [0.25, 0.3) is 10.9 Å². The van der Waals surface area contributed by atoms with Crippen LogP contribution < -0.4 is 5.73 Å². The first kappa shape index (κ1) is 9.43. The molecule has 2 nitrogen and oxygen atoms in total. The van der Waals surface area contributed by atoms with Gasteiger partial charge in [-0.3, -0.25) is 0 Å².